The van der Waals surface area contributed by atoms with Gasteiger partial charge in [-0.3, -0.25) is 9.69 Å². The summed E-state index contributed by atoms with van der Waals surface area (Å²) in [5, 5.41) is 0. The Labute approximate surface area is 240 Å². The fourth-order valence-corrected chi connectivity index (χ4v) is 4.84. The Morgan fingerprint density at radius 1 is 0.857 bits per heavy atom. The van der Waals surface area contributed by atoms with Gasteiger partial charge in [0.15, 0.2) is 5.96 Å². The third kappa shape index (κ3) is 7.81. The van der Waals surface area contributed by atoms with E-state index in [2.05, 4.69) is 4.99 Å². The summed E-state index contributed by atoms with van der Waals surface area (Å²) in [5.74, 6) is 0.0449. The minimum atomic E-state index is -4.94. The van der Waals surface area contributed by atoms with Gasteiger partial charge in [0.05, 0.1) is 16.8 Å². The number of nitrogens with zero attached hydrogens (tertiary/aromatic N) is 4. The van der Waals surface area contributed by atoms with Crippen LogP contribution >= 0.6 is 0 Å². The van der Waals surface area contributed by atoms with Gasteiger partial charge in [0.25, 0.3) is 0 Å². The van der Waals surface area contributed by atoms with E-state index in [0.717, 1.165) is 11.3 Å². The Bertz CT molecular complexity index is 1340. The van der Waals surface area contributed by atoms with Gasteiger partial charge in [-0.1, -0.05) is 48.5 Å². The fourth-order valence-electron chi connectivity index (χ4n) is 4.84. The van der Waals surface area contributed by atoms with Crippen LogP contribution in [-0.2, 0) is 23.6 Å². The van der Waals surface area contributed by atoms with Crippen molar-refractivity contribution in [3.63, 3.8) is 0 Å². The number of likely N-dealkylation sites (N-methyl/N-ethyl adjacent to an activating group) is 1. The maximum absolute atomic E-state index is 13.7. The molecule has 1 aliphatic heterocycles. The SMILES string of the molecule is CN(CCc1cc(C(F)(F)F)cc(C(F)(F)F)c1)C(=O)[C@H](c1ccccc1)N1CCN(C(N)=Nc2ccccc2)CC1. The first-order valence-electron chi connectivity index (χ1n) is 13.3. The molecule has 1 heterocycles. The summed E-state index contributed by atoms with van der Waals surface area (Å²) < 4.78 is 79.8. The van der Waals surface area contributed by atoms with Gasteiger partial charge >= 0.3 is 12.4 Å². The summed E-state index contributed by atoms with van der Waals surface area (Å²) in [6.07, 6.45) is -10.1. The van der Waals surface area contributed by atoms with Crippen LogP contribution in [0.15, 0.2) is 83.9 Å². The molecule has 0 spiro atoms. The number of hydrogen-bond donors (Lipinski definition) is 1. The molecule has 1 saturated heterocycles. The number of carbonyl (C=O) groups excluding carboxylic acids is 1. The van der Waals surface area contributed by atoms with Gasteiger partial charge in [-0.2, -0.15) is 26.3 Å². The van der Waals surface area contributed by atoms with Crippen LogP contribution in [0.25, 0.3) is 0 Å². The maximum atomic E-state index is 13.7. The molecule has 3 aromatic rings. The minimum absolute atomic E-state index is 0.0720. The number of guanidine groups is 1. The van der Waals surface area contributed by atoms with E-state index < -0.39 is 29.5 Å². The smallest absolute Gasteiger partial charge is 0.369 e. The van der Waals surface area contributed by atoms with E-state index in [0.29, 0.717) is 44.3 Å². The van der Waals surface area contributed by atoms with Gasteiger partial charge in [-0.05, 0) is 47.9 Å². The number of hydrogen-bond acceptors (Lipinski definition) is 3. The monoisotopic (exact) mass is 591 g/mol. The third-order valence-corrected chi connectivity index (χ3v) is 7.11. The van der Waals surface area contributed by atoms with Gasteiger partial charge in [0.2, 0.25) is 5.91 Å². The van der Waals surface area contributed by atoms with E-state index in [9.17, 15) is 31.1 Å². The summed E-state index contributed by atoms with van der Waals surface area (Å²) >= 11 is 0. The fraction of sp³-hybridized carbons (Fsp3) is 0.333. The molecule has 6 nitrogen and oxygen atoms in total. The van der Waals surface area contributed by atoms with E-state index in [1.54, 1.807) is 12.1 Å². The highest BCUT2D eigenvalue weighted by Crippen LogP contribution is 2.36. The summed E-state index contributed by atoms with van der Waals surface area (Å²) in [4.78, 5) is 23.5. The van der Waals surface area contributed by atoms with Crippen molar-refractivity contribution in [1.29, 1.82) is 0 Å². The van der Waals surface area contributed by atoms with Gasteiger partial charge in [0.1, 0.15) is 6.04 Å². The van der Waals surface area contributed by atoms with Crippen molar-refractivity contribution in [3.8, 4) is 0 Å². The number of carbonyl (C=O) groups is 1. The molecule has 1 amide bonds. The summed E-state index contributed by atoms with van der Waals surface area (Å²) in [5.41, 5.74) is 4.77. The first-order valence-corrected chi connectivity index (χ1v) is 13.3. The van der Waals surface area contributed by atoms with E-state index in [1.165, 1.54) is 11.9 Å². The highest BCUT2D eigenvalue weighted by molar-refractivity contribution is 5.83. The molecule has 0 saturated carbocycles. The lowest BCUT2D eigenvalue weighted by atomic mass is 10.0. The van der Waals surface area contributed by atoms with E-state index in [4.69, 9.17) is 5.73 Å². The predicted molar refractivity (Wildman–Crippen MR) is 148 cm³/mol. The molecule has 4 rings (SSSR count). The molecule has 0 bridgehead atoms. The number of piperazine rings is 1. The second kappa shape index (κ2) is 12.8. The van der Waals surface area contributed by atoms with Gasteiger partial charge in [-0.25, -0.2) is 4.99 Å². The maximum Gasteiger partial charge on any atom is 0.416 e. The van der Waals surface area contributed by atoms with Crippen LogP contribution in [0.1, 0.15) is 28.3 Å². The van der Waals surface area contributed by atoms with Crippen LogP contribution in [0.5, 0.6) is 0 Å². The highest BCUT2D eigenvalue weighted by Gasteiger charge is 2.37. The largest absolute Gasteiger partial charge is 0.416 e. The molecule has 0 radical (unpaired) electrons. The quantitative estimate of drug-likeness (QED) is 0.217. The van der Waals surface area contributed by atoms with Crippen molar-refractivity contribution in [3.05, 3.63) is 101 Å². The lowest BCUT2D eigenvalue weighted by molar-refractivity contribution is -0.143. The average molecular weight is 592 g/mol. The zero-order chi connectivity index (χ0) is 30.5. The Morgan fingerprint density at radius 2 is 1.38 bits per heavy atom. The molecule has 1 fully saturated rings. The molecule has 2 N–H and O–H groups in total. The third-order valence-electron chi connectivity index (χ3n) is 7.11. The molecule has 0 aromatic heterocycles. The van der Waals surface area contributed by atoms with Crippen LogP contribution in [-0.4, -0.2) is 66.3 Å². The van der Waals surface area contributed by atoms with Gasteiger partial charge in [0, 0.05) is 39.8 Å². The summed E-state index contributed by atoms with van der Waals surface area (Å²) in [6, 6.07) is 19.1. The average Bonchev–Trinajstić information content (AvgIpc) is 2.96. The van der Waals surface area contributed by atoms with E-state index >= 15 is 0 Å². The van der Waals surface area contributed by atoms with Crippen molar-refractivity contribution < 1.29 is 31.1 Å². The first kappa shape index (κ1) is 30.9. The second-order valence-corrected chi connectivity index (χ2v) is 10.1. The zero-order valence-electron chi connectivity index (χ0n) is 22.9. The zero-order valence-corrected chi connectivity index (χ0v) is 22.9. The van der Waals surface area contributed by atoms with Crippen LogP contribution in [0.4, 0.5) is 32.0 Å². The summed E-state index contributed by atoms with van der Waals surface area (Å²) in [6.45, 7) is 1.90. The molecule has 1 aliphatic rings. The number of benzene rings is 3. The Balaban J connectivity index is 1.48. The van der Waals surface area contributed by atoms with Crippen molar-refractivity contribution in [1.82, 2.24) is 14.7 Å². The molecular formula is C30H31F6N5O. The number of alkyl halides is 6. The molecule has 0 aliphatic carbocycles. The lowest BCUT2D eigenvalue weighted by Crippen LogP contribution is -2.54. The number of aliphatic imine (C=N–C) groups is 1. The summed E-state index contributed by atoms with van der Waals surface area (Å²) in [7, 11) is 1.50. The Morgan fingerprint density at radius 3 is 1.90 bits per heavy atom. The molecule has 0 unspecified atom stereocenters. The standard InChI is InChI=1S/C30H31F6N5O/c1-39(13-12-21-18-23(29(31,32)33)20-24(19-21)30(34,35)36)27(42)26(22-8-4-2-5-9-22)40-14-16-41(17-15-40)28(37)38-25-10-6-3-7-11-25/h2-11,18-20,26H,12-17H2,1H3,(H2,37,38)/t26-/m0/s1. The van der Waals surface area contributed by atoms with Crippen molar-refractivity contribution in [2.24, 2.45) is 10.7 Å². The normalized spacial score (nSPS) is 15.9. The lowest BCUT2D eigenvalue weighted by Gasteiger charge is -2.40. The molecule has 12 heteroatoms. The van der Waals surface area contributed by atoms with Crippen LogP contribution < -0.4 is 5.73 Å². The first-order chi connectivity index (χ1) is 19.8. The number of para-hydroxylation sites is 1. The molecule has 1 atom stereocenters. The van der Waals surface area contributed by atoms with Crippen molar-refractivity contribution >= 4 is 17.6 Å². The number of amides is 1. The minimum Gasteiger partial charge on any atom is -0.369 e. The predicted octanol–water partition coefficient (Wildman–Crippen LogP) is 5.73. The molecular weight excluding hydrogens is 560 g/mol. The molecule has 224 valence electrons. The molecule has 42 heavy (non-hydrogen) atoms. The van der Waals surface area contributed by atoms with Crippen molar-refractivity contribution in [2.45, 2.75) is 24.8 Å². The van der Waals surface area contributed by atoms with E-state index in [1.807, 2.05) is 58.3 Å². The number of halogens is 6. The van der Waals surface area contributed by atoms with Crippen LogP contribution in [0.3, 0.4) is 0 Å². The van der Waals surface area contributed by atoms with Crippen LogP contribution in [0.2, 0.25) is 0 Å². The number of nitrogens with two attached hydrogens (primary N) is 1. The Hall–Kier alpha value is -4.06. The van der Waals surface area contributed by atoms with Gasteiger partial charge in [-0.15, -0.1) is 0 Å². The topological polar surface area (TPSA) is 65.2 Å². The highest BCUT2D eigenvalue weighted by atomic mass is 19.4. The second-order valence-electron chi connectivity index (χ2n) is 10.1. The molecule has 3 aromatic carbocycles. The number of rotatable bonds is 7. The Kier molecular flexibility index (Phi) is 9.45. The van der Waals surface area contributed by atoms with E-state index in [-0.39, 0.29) is 30.5 Å². The van der Waals surface area contributed by atoms with Gasteiger partial charge < -0.3 is 15.5 Å². The van der Waals surface area contributed by atoms with Crippen LogP contribution in [0, 0.1) is 0 Å². The van der Waals surface area contributed by atoms with Crippen molar-refractivity contribution in [2.75, 3.05) is 39.8 Å².